The van der Waals surface area contributed by atoms with Crippen molar-refractivity contribution >= 4 is 5.91 Å². The zero-order chi connectivity index (χ0) is 11.4. The minimum absolute atomic E-state index is 0.0337. The second kappa shape index (κ2) is 5.47. The van der Waals surface area contributed by atoms with E-state index in [2.05, 4.69) is 6.92 Å². The van der Waals surface area contributed by atoms with E-state index >= 15 is 0 Å². The third kappa shape index (κ3) is 3.47. The van der Waals surface area contributed by atoms with Gasteiger partial charge in [-0.3, -0.25) is 4.79 Å². The molecule has 0 aromatic rings. The van der Waals surface area contributed by atoms with Crippen molar-refractivity contribution < 1.29 is 9.53 Å². The number of rotatable bonds is 6. The van der Waals surface area contributed by atoms with E-state index in [0.29, 0.717) is 25.1 Å². The molecule has 0 radical (unpaired) electrons. The fraction of sp³-hybridized carbons (Fsp3) is 0.909. The number of ether oxygens (including phenoxy) is 1. The maximum Gasteiger partial charge on any atom is 0.239 e. The Balaban J connectivity index is 2.54. The van der Waals surface area contributed by atoms with Gasteiger partial charge in [-0.15, -0.1) is 0 Å². The molecule has 1 aliphatic rings. The van der Waals surface area contributed by atoms with E-state index in [9.17, 15) is 4.79 Å². The molecule has 0 aliphatic heterocycles. The molecule has 0 aromatic heterocycles. The number of hydrogen-bond acceptors (Lipinski definition) is 3. The molecule has 1 fully saturated rings. The normalized spacial score (nSPS) is 19.7. The maximum atomic E-state index is 11.9. The lowest BCUT2D eigenvalue weighted by Gasteiger charge is -2.30. The molecule has 0 heterocycles. The summed E-state index contributed by atoms with van der Waals surface area (Å²) in [4.78, 5) is 13.7. The number of carbonyl (C=O) groups excluding carboxylic acids is 1. The highest BCUT2D eigenvalue weighted by molar-refractivity contribution is 5.81. The Morgan fingerprint density at radius 2 is 2.13 bits per heavy atom. The van der Waals surface area contributed by atoms with Crippen molar-refractivity contribution in [3.05, 3.63) is 0 Å². The van der Waals surface area contributed by atoms with Crippen LogP contribution in [-0.4, -0.2) is 43.2 Å². The van der Waals surface area contributed by atoms with Gasteiger partial charge in [0.1, 0.15) is 0 Å². The summed E-state index contributed by atoms with van der Waals surface area (Å²) in [5.74, 6) is 0.705. The lowest BCUT2D eigenvalue weighted by atomic mass is 10.1. The van der Waals surface area contributed by atoms with Gasteiger partial charge in [0.05, 0.1) is 12.6 Å². The number of carbonyl (C=O) groups is 1. The van der Waals surface area contributed by atoms with Gasteiger partial charge in [0.25, 0.3) is 0 Å². The zero-order valence-corrected chi connectivity index (χ0v) is 9.90. The van der Waals surface area contributed by atoms with Crippen LogP contribution in [0, 0.1) is 5.92 Å². The van der Waals surface area contributed by atoms with Gasteiger partial charge in [0, 0.05) is 19.7 Å². The maximum absolute atomic E-state index is 11.9. The molecule has 1 unspecified atom stereocenters. The molecule has 0 spiro atoms. The van der Waals surface area contributed by atoms with Gasteiger partial charge in [0.15, 0.2) is 0 Å². The Kier molecular flexibility index (Phi) is 4.54. The number of amides is 1. The van der Waals surface area contributed by atoms with E-state index in [-0.39, 0.29) is 5.91 Å². The summed E-state index contributed by atoms with van der Waals surface area (Å²) in [6, 6.07) is -0.110. The highest BCUT2D eigenvalue weighted by atomic mass is 16.5. The van der Waals surface area contributed by atoms with Crippen molar-refractivity contribution in [2.75, 3.05) is 20.3 Å². The van der Waals surface area contributed by atoms with Crippen LogP contribution >= 0.6 is 0 Å². The number of hydrogen-bond donors (Lipinski definition) is 1. The summed E-state index contributed by atoms with van der Waals surface area (Å²) < 4.78 is 5.02. The van der Waals surface area contributed by atoms with Crippen LogP contribution in [0.3, 0.4) is 0 Å². The quantitative estimate of drug-likeness (QED) is 0.704. The first-order valence-corrected chi connectivity index (χ1v) is 5.63. The topological polar surface area (TPSA) is 55.6 Å². The van der Waals surface area contributed by atoms with Crippen LogP contribution in [0.1, 0.15) is 26.7 Å². The van der Waals surface area contributed by atoms with Crippen molar-refractivity contribution in [1.82, 2.24) is 4.90 Å². The molecule has 0 aromatic carbocycles. The highest BCUT2D eigenvalue weighted by Crippen LogP contribution is 2.35. The van der Waals surface area contributed by atoms with E-state index in [0.717, 1.165) is 0 Å². The average molecular weight is 214 g/mol. The Morgan fingerprint density at radius 1 is 1.53 bits per heavy atom. The van der Waals surface area contributed by atoms with Gasteiger partial charge < -0.3 is 15.4 Å². The molecule has 1 amide bonds. The molecule has 15 heavy (non-hydrogen) atoms. The third-order valence-electron chi connectivity index (χ3n) is 3.00. The lowest BCUT2D eigenvalue weighted by molar-refractivity contribution is -0.135. The fourth-order valence-corrected chi connectivity index (χ4v) is 1.80. The SMILES string of the molecule is COCCN(C(=O)[C@@H](C)N)C(C)C1CC1. The molecule has 0 bridgehead atoms. The number of methoxy groups -OCH3 is 1. The monoisotopic (exact) mass is 214 g/mol. The Morgan fingerprint density at radius 3 is 2.53 bits per heavy atom. The molecular formula is C11H22N2O2. The molecule has 4 nitrogen and oxygen atoms in total. The van der Waals surface area contributed by atoms with Crippen molar-refractivity contribution in [3.63, 3.8) is 0 Å². The van der Waals surface area contributed by atoms with Crippen LogP contribution in [0.5, 0.6) is 0 Å². The largest absolute Gasteiger partial charge is 0.383 e. The van der Waals surface area contributed by atoms with Gasteiger partial charge >= 0.3 is 0 Å². The van der Waals surface area contributed by atoms with Crippen LogP contribution in [0.4, 0.5) is 0 Å². The van der Waals surface area contributed by atoms with Crippen LogP contribution < -0.4 is 5.73 Å². The van der Waals surface area contributed by atoms with Crippen molar-refractivity contribution in [1.29, 1.82) is 0 Å². The molecule has 1 rings (SSSR count). The summed E-state index contributed by atoms with van der Waals surface area (Å²) in [6.07, 6.45) is 2.47. The molecule has 1 aliphatic carbocycles. The Labute approximate surface area is 91.8 Å². The minimum atomic E-state index is -0.414. The molecule has 1 saturated carbocycles. The van der Waals surface area contributed by atoms with Gasteiger partial charge in [-0.25, -0.2) is 0 Å². The van der Waals surface area contributed by atoms with E-state index in [1.54, 1.807) is 14.0 Å². The number of nitrogens with zero attached hydrogens (tertiary/aromatic N) is 1. The van der Waals surface area contributed by atoms with Gasteiger partial charge in [-0.1, -0.05) is 0 Å². The summed E-state index contributed by atoms with van der Waals surface area (Å²) in [7, 11) is 1.65. The lowest BCUT2D eigenvalue weighted by Crippen LogP contribution is -2.48. The Hall–Kier alpha value is -0.610. The summed E-state index contributed by atoms with van der Waals surface area (Å²) in [6.45, 7) is 5.07. The van der Waals surface area contributed by atoms with Gasteiger partial charge in [-0.05, 0) is 32.6 Å². The predicted molar refractivity (Wildman–Crippen MR) is 59.4 cm³/mol. The first kappa shape index (κ1) is 12.5. The third-order valence-corrected chi connectivity index (χ3v) is 3.00. The standard InChI is InChI=1S/C11H22N2O2/c1-8(12)11(14)13(6-7-15-3)9(2)10-4-5-10/h8-10H,4-7,12H2,1-3H3/t8-,9?/m1/s1. The van der Waals surface area contributed by atoms with Crippen LogP contribution in [0.2, 0.25) is 0 Å². The summed E-state index contributed by atoms with van der Waals surface area (Å²) in [5.41, 5.74) is 5.63. The van der Waals surface area contributed by atoms with E-state index in [1.165, 1.54) is 12.8 Å². The van der Waals surface area contributed by atoms with E-state index in [1.807, 2.05) is 4.90 Å². The van der Waals surface area contributed by atoms with Crippen LogP contribution in [0.15, 0.2) is 0 Å². The fourth-order valence-electron chi connectivity index (χ4n) is 1.80. The van der Waals surface area contributed by atoms with Crippen molar-refractivity contribution in [2.45, 2.75) is 38.8 Å². The molecule has 4 heteroatoms. The predicted octanol–water partition coefficient (Wildman–Crippen LogP) is 0.607. The molecular weight excluding hydrogens is 192 g/mol. The average Bonchev–Trinajstić information content (AvgIpc) is 3.00. The molecule has 2 N–H and O–H groups in total. The molecule has 0 saturated heterocycles. The zero-order valence-electron chi connectivity index (χ0n) is 9.90. The van der Waals surface area contributed by atoms with Gasteiger partial charge in [-0.2, -0.15) is 0 Å². The van der Waals surface area contributed by atoms with E-state index < -0.39 is 6.04 Å². The number of nitrogens with two attached hydrogens (primary N) is 1. The first-order chi connectivity index (χ1) is 7.07. The Bertz CT molecular complexity index is 215. The molecule has 88 valence electrons. The summed E-state index contributed by atoms with van der Waals surface area (Å²) in [5, 5.41) is 0. The van der Waals surface area contributed by atoms with Gasteiger partial charge in [0.2, 0.25) is 5.91 Å². The smallest absolute Gasteiger partial charge is 0.239 e. The highest BCUT2D eigenvalue weighted by Gasteiger charge is 2.34. The van der Waals surface area contributed by atoms with Crippen molar-refractivity contribution in [2.24, 2.45) is 11.7 Å². The van der Waals surface area contributed by atoms with Crippen molar-refractivity contribution in [3.8, 4) is 0 Å². The molecule has 2 atom stereocenters. The second-order valence-corrected chi connectivity index (χ2v) is 4.39. The second-order valence-electron chi connectivity index (χ2n) is 4.39. The minimum Gasteiger partial charge on any atom is -0.383 e. The van der Waals surface area contributed by atoms with E-state index in [4.69, 9.17) is 10.5 Å². The first-order valence-electron chi connectivity index (χ1n) is 5.63. The summed E-state index contributed by atoms with van der Waals surface area (Å²) >= 11 is 0. The van der Waals surface area contributed by atoms with Crippen LogP contribution in [0.25, 0.3) is 0 Å². The van der Waals surface area contributed by atoms with Crippen LogP contribution in [-0.2, 0) is 9.53 Å².